The molecule has 1 spiro atoms. The Labute approximate surface area is 166 Å². The maximum absolute atomic E-state index is 13.3. The number of pyridine rings is 1. The summed E-state index contributed by atoms with van der Waals surface area (Å²) < 4.78 is 7.87. The van der Waals surface area contributed by atoms with Crippen molar-refractivity contribution in [1.82, 2.24) is 24.4 Å². The number of amides is 2. The Kier molecular flexibility index (Phi) is 3.37. The van der Waals surface area contributed by atoms with E-state index in [2.05, 4.69) is 10.1 Å². The molecule has 3 aliphatic heterocycles. The van der Waals surface area contributed by atoms with E-state index in [1.54, 1.807) is 27.7 Å². The molecule has 146 valence electrons. The van der Waals surface area contributed by atoms with Crippen molar-refractivity contribution in [2.45, 2.75) is 30.7 Å². The molecule has 3 aromatic rings. The second-order valence-electron chi connectivity index (χ2n) is 7.80. The Hall–Kier alpha value is -3.26. The molecule has 3 saturated heterocycles. The first-order valence-corrected chi connectivity index (χ1v) is 9.79. The third-order valence-corrected chi connectivity index (χ3v) is 6.42. The molecule has 0 N–H and O–H groups in total. The van der Waals surface area contributed by atoms with Crippen LogP contribution in [0.3, 0.4) is 0 Å². The molecule has 0 bridgehead atoms. The lowest BCUT2D eigenvalue weighted by Gasteiger charge is -2.33. The van der Waals surface area contributed by atoms with Crippen molar-refractivity contribution in [3.8, 4) is 0 Å². The molecule has 8 heteroatoms. The quantitative estimate of drug-likeness (QED) is 0.666. The van der Waals surface area contributed by atoms with Crippen LogP contribution in [-0.4, -0.2) is 61.1 Å². The van der Waals surface area contributed by atoms with E-state index < -0.39 is 5.72 Å². The number of nitrogens with zero attached hydrogens (tertiary/aromatic N) is 5. The van der Waals surface area contributed by atoms with Crippen LogP contribution in [0.5, 0.6) is 0 Å². The van der Waals surface area contributed by atoms with Crippen molar-refractivity contribution in [3.63, 3.8) is 0 Å². The van der Waals surface area contributed by atoms with Crippen LogP contribution in [0, 0.1) is 0 Å². The Morgan fingerprint density at radius 3 is 2.90 bits per heavy atom. The minimum Gasteiger partial charge on any atom is -0.351 e. The van der Waals surface area contributed by atoms with E-state index in [0.717, 1.165) is 5.56 Å². The number of likely N-dealkylation sites (tertiary alicyclic amines) is 1. The molecule has 3 atom stereocenters. The highest BCUT2D eigenvalue weighted by Crippen LogP contribution is 2.51. The number of carbonyl (C=O) groups is 2. The fourth-order valence-corrected chi connectivity index (χ4v) is 5.12. The van der Waals surface area contributed by atoms with Gasteiger partial charge in [-0.15, -0.1) is 0 Å². The van der Waals surface area contributed by atoms with Gasteiger partial charge in [-0.25, -0.2) is 9.50 Å². The molecule has 8 nitrogen and oxygen atoms in total. The first kappa shape index (κ1) is 16.7. The van der Waals surface area contributed by atoms with Gasteiger partial charge in [0.2, 0.25) is 5.91 Å². The van der Waals surface area contributed by atoms with Crippen molar-refractivity contribution in [2.75, 3.05) is 13.2 Å². The largest absolute Gasteiger partial charge is 0.351 e. The second-order valence-corrected chi connectivity index (χ2v) is 7.80. The molecule has 0 radical (unpaired) electrons. The van der Waals surface area contributed by atoms with Gasteiger partial charge in [-0.05, 0) is 17.7 Å². The molecule has 3 fully saturated rings. The molecular weight excluding hydrogens is 370 g/mol. The summed E-state index contributed by atoms with van der Waals surface area (Å²) in [6.07, 6.45) is 4.06. The van der Waals surface area contributed by atoms with E-state index in [9.17, 15) is 9.59 Å². The van der Waals surface area contributed by atoms with E-state index in [0.29, 0.717) is 37.2 Å². The van der Waals surface area contributed by atoms with Gasteiger partial charge < -0.3 is 14.5 Å². The van der Waals surface area contributed by atoms with E-state index in [4.69, 9.17) is 4.74 Å². The van der Waals surface area contributed by atoms with Crippen LogP contribution < -0.4 is 0 Å². The maximum Gasteiger partial charge on any atom is 0.255 e. The zero-order valence-corrected chi connectivity index (χ0v) is 15.6. The zero-order chi connectivity index (χ0) is 19.6. The van der Waals surface area contributed by atoms with Crippen molar-refractivity contribution in [1.29, 1.82) is 0 Å². The highest BCUT2D eigenvalue weighted by Gasteiger charge is 2.65. The van der Waals surface area contributed by atoms with Gasteiger partial charge in [-0.2, -0.15) is 5.10 Å². The summed E-state index contributed by atoms with van der Waals surface area (Å²) in [6, 6.07) is 13.1. The van der Waals surface area contributed by atoms with E-state index in [1.807, 2.05) is 35.2 Å². The molecule has 2 amide bonds. The Morgan fingerprint density at radius 1 is 1.17 bits per heavy atom. The molecule has 3 aliphatic rings. The van der Waals surface area contributed by atoms with Crippen LogP contribution in [0.25, 0.3) is 5.65 Å². The number of ether oxygens (including phenoxy) is 1. The molecule has 6 rings (SSSR count). The summed E-state index contributed by atoms with van der Waals surface area (Å²) in [5.74, 6) is -0.0590. The summed E-state index contributed by atoms with van der Waals surface area (Å²) >= 11 is 0. The SMILES string of the molecule is O=C(c1ccc2ncnn2c1)N1CC[C@@]23OC[C@@H](c4ccccc4)N2C(=O)C[C@@H]13. The lowest BCUT2D eigenvalue weighted by molar-refractivity contribution is -0.138. The van der Waals surface area contributed by atoms with Crippen molar-refractivity contribution >= 4 is 17.5 Å². The average molecular weight is 389 g/mol. The molecule has 29 heavy (non-hydrogen) atoms. The first-order valence-electron chi connectivity index (χ1n) is 9.79. The van der Waals surface area contributed by atoms with Gasteiger partial charge in [-0.1, -0.05) is 30.3 Å². The summed E-state index contributed by atoms with van der Waals surface area (Å²) in [5.41, 5.74) is 1.57. The summed E-state index contributed by atoms with van der Waals surface area (Å²) in [5, 5.41) is 4.11. The van der Waals surface area contributed by atoms with Crippen LogP contribution in [0.1, 0.15) is 34.8 Å². The van der Waals surface area contributed by atoms with Crippen LogP contribution in [0.2, 0.25) is 0 Å². The number of aromatic nitrogens is 3. The fraction of sp³-hybridized carbons (Fsp3) is 0.333. The standard InChI is InChI=1S/C21H19N5O3/c27-19-10-17-21(26(19)16(12-29-21)14-4-2-1-3-5-14)8-9-24(17)20(28)15-6-7-18-22-13-23-25(18)11-15/h1-7,11,13,16-17H,8-10,12H2/t16-,17+,21-/m0/s1. The highest BCUT2D eigenvalue weighted by molar-refractivity contribution is 5.96. The summed E-state index contributed by atoms with van der Waals surface area (Å²) in [4.78, 5) is 34.1. The third-order valence-electron chi connectivity index (χ3n) is 6.42. The normalized spacial score (nSPS) is 28.2. The third kappa shape index (κ3) is 2.23. The molecular formula is C21H19N5O3. The van der Waals surface area contributed by atoms with E-state index >= 15 is 0 Å². The molecule has 1 aromatic carbocycles. The lowest BCUT2D eigenvalue weighted by Crippen LogP contribution is -2.49. The van der Waals surface area contributed by atoms with Crippen LogP contribution in [0.4, 0.5) is 0 Å². The Balaban J connectivity index is 1.33. The highest BCUT2D eigenvalue weighted by atomic mass is 16.5. The second kappa shape index (κ2) is 5.87. The lowest BCUT2D eigenvalue weighted by atomic mass is 10.0. The van der Waals surface area contributed by atoms with Gasteiger partial charge in [0.1, 0.15) is 6.33 Å². The van der Waals surface area contributed by atoms with E-state index in [-0.39, 0.29) is 23.9 Å². The van der Waals surface area contributed by atoms with Crippen LogP contribution >= 0.6 is 0 Å². The molecule has 0 saturated carbocycles. The number of hydrogen-bond donors (Lipinski definition) is 0. The Morgan fingerprint density at radius 2 is 2.03 bits per heavy atom. The maximum atomic E-state index is 13.3. The van der Waals surface area contributed by atoms with Gasteiger partial charge in [-0.3, -0.25) is 9.59 Å². The molecule has 2 aromatic heterocycles. The molecule has 0 aliphatic carbocycles. The Bertz CT molecular complexity index is 1130. The summed E-state index contributed by atoms with van der Waals surface area (Å²) in [7, 11) is 0. The monoisotopic (exact) mass is 389 g/mol. The van der Waals surface area contributed by atoms with Crippen LogP contribution in [-0.2, 0) is 9.53 Å². The smallest absolute Gasteiger partial charge is 0.255 e. The number of hydrogen-bond acceptors (Lipinski definition) is 5. The van der Waals surface area contributed by atoms with Crippen molar-refractivity contribution in [3.05, 3.63) is 66.1 Å². The van der Waals surface area contributed by atoms with E-state index in [1.165, 1.54) is 6.33 Å². The minimum absolute atomic E-state index is 0.0468. The zero-order valence-electron chi connectivity index (χ0n) is 15.6. The van der Waals surface area contributed by atoms with Gasteiger partial charge in [0.15, 0.2) is 11.4 Å². The predicted molar refractivity (Wildman–Crippen MR) is 102 cm³/mol. The van der Waals surface area contributed by atoms with Gasteiger partial charge >= 0.3 is 0 Å². The molecule has 5 heterocycles. The van der Waals surface area contributed by atoms with Gasteiger partial charge in [0.25, 0.3) is 5.91 Å². The number of fused-ring (bicyclic) bond motifs is 1. The van der Waals surface area contributed by atoms with Gasteiger partial charge in [0.05, 0.1) is 30.7 Å². The topological polar surface area (TPSA) is 80.0 Å². The fourth-order valence-electron chi connectivity index (χ4n) is 5.12. The number of benzene rings is 1. The van der Waals surface area contributed by atoms with Crippen LogP contribution in [0.15, 0.2) is 55.0 Å². The summed E-state index contributed by atoms with van der Waals surface area (Å²) in [6.45, 7) is 1.02. The van der Waals surface area contributed by atoms with Crippen molar-refractivity contribution in [2.24, 2.45) is 0 Å². The predicted octanol–water partition coefficient (Wildman–Crippen LogP) is 1.64. The van der Waals surface area contributed by atoms with Gasteiger partial charge in [0, 0.05) is 19.2 Å². The number of carbonyl (C=O) groups excluding carboxylic acids is 2. The number of rotatable bonds is 2. The average Bonchev–Trinajstić information content (AvgIpc) is 3.49. The van der Waals surface area contributed by atoms with Crippen molar-refractivity contribution < 1.29 is 14.3 Å². The molecule has 0 unspecified atom stereocenters. The minimum atomic E-state index is -0.718. The first-order chi connectivity index (χ1) is 14.2.